The number of aryl methyl sites for hydroxylation is 1. The van der Waals surface area contributed by atoms with E-state index in [0.29, 0.717) is 6.42 Å². The van der Waals surface area contributed by atoms with E-state index in [9.17, 15) is 4.39 Å². The molecule has 1 heterocycles. The van der Waals surface area contributed by atoms with Gasteiger partial charge in [-0.2, -0.15) is 0 Å². The maximum absolute atomic E-state index is 13.3. The summed E-state index contributed by atoms with van der Waals surface area (Å²) in [7, 11) is 1.44. The second-order valence-electron chi connectivity index (χ2n) is 4.53. The summed E-state index contributed by atoms with van der Waals surface area (Å²) in [5, 5.41) is 0. The minimum atomic E-state index is -0.382. The first kappa shape index (κ1) is 13.5. The van der Waals surface area contributed by atoms with E-state index < -0.39 is 0 Å². The highest BCUT2D eigenvalue weighted by Crippen LogP contribution is 2.23. The molecule has 0 aliphatic heterocycles. The molecule has 2 rings (SSSR count). The molecule has 0 aliphatic carbocycles. The van der Waals surface area contributed by atoms with Crippen molar-refractivity contribution in [2.24, 2.45) is 5.73 Å². The van der Waals surface area contributed by atoms with E-state index >= 15 is 0 Å². The Kier molecular flexibility index (Phi) is 4.12. The van der Waals surface area contributed by atoms with Crippen molar-refractivity contribution in [3.8, 4) is 5.75 Å². The minimum absolute atomic E-state index is 0.213. The van der Waals surface area contributed by atoms with E-state index in [1.54, 1.807) is 12.1 Å². The Morgan fingerprint density at radius 2 is 2.11 bits per heavy atom. The molecule has 100 valence electrons. The van der Waals surface area contributed by atoms with Gasteiger partial charge in [-0.25, -0.2) is 4.39 Å². The van der Waals surface area contributed by atoms with Crippen molar-refractivity contribution in [3.63, 3.8) is 0 Å². The van der Waals surface area contributed by atoms with E-state index in [1.165, 1.54) is 13.2 Å². The molecule has 1 aromatic heterocycles. The summed E-state index contributed by atoms with van der Waals surface area (Å²) < 4.78 is 18.3. The molecule has 3 nitrogen and oxygen atoms in total. The quantitative estimate of drug-likeness (QED) is 0.919. The lowest BCUT2D eigenvalue weighted by Crippen LogP contribution is -2.14. The van der Waals surface area contributed by atoms with Gasteiger partial charge in [-0.1, -0.05) is 12.1 Å². The van der Waals surface area contributed by atoms with Crippen LogP contribution in [-0.4, -0.2) is 12.1 Å². The highest BCUT2D eigenvalue weighted by atomic mass is 19.1. The Morgan fingerprint density at radius 3 is 2.74 bits per heavy atom. The molecule has 1 unspecified atom stereocenters. The number of methoxy groups -OCH3 is 1. The summed E-state index contributed by atoms with van der Waals surface area (Å²) >= 11 is 0. The van der Waals surface area contributed by atoms with Crippen LogP contribution < -0.4 is 10.5 Å². The maximum atomic E-state index is 13.3. The van der Waals surface area contributed by atoms with Crippen molar-refractivity contribution in [1.29, 1.82) is 0 Å². The van der Waals surface area contributed by atoms with Crippen LogP contribution in [0.5, 0.6) is 5.75 Å². The Hall–Kier alpha value is -1.94. The minimum Gasteiger partial charge on any atom is -0.494 e. The number of ether oxygens (including phenoxy) is 1. The lowest BCUT2D eigenvalue weighted by atomic mass is 10.0. The number of hydrogen-bond acceptors (Lipinski definition) is 3. The molecule has 0 saturated carbocycles. The molecule has 0 aliphatic rings. The van der Waals surface area contributed by atoms with Gasteiger partial charge in [0.25, 0.3) is 0 Å². The maximum Gasteiger partial charge on any atom is 0.165 e. The number of hydrogen-bond donors (Lipinski definition) is 1. The molecular weight excluding hydrogens is 243 g/mol. The molecule has 0 amide bonds. The van der Waals surface area contributed by atoms with Gasteiger partial charge in [-0.15, -0.1) is 0 Å². The third-order valence-electron chi connectivity index (χ3n) is 3.00. The Morgan fingerprint density at radius 1 is 1.32 bits per heavy atom. The molecule has 19 heavy (non-hydrogen) atoms. The lowest BCUT2D eigenvalue weighted by molar-refractivity contribution is 0.385. The lowest BCUT2D eigenvalue weighted by Gasteiger charge is -2.13. The zero-order chi connectivity index (χ0) is 13.8. The normalized spacial score (nSPS) is 12.2. The summed E-state index contributed by atoms with van der Waals surface area (Å²) in [4.78, 5) is 4.32. The molecule has 1 aromatic carbocycles. The fourth-order valence-corrected chi connectivity index (χ4v) is 1.87. The van der Waals surface area contributed by atoms with Crippen molar-refractivity contribution >= 4 is 0 Å². The standard InChI is InChI=1S/C15H17FN2O/c1-10-3-5-12(18-9-10)8-14(17)11-4-6-13(16)15(7-11)19-2/h3-7,9,14H,8,17H2,1-2H3. The van der Waals surface area contributed by atoms with Gasteiger partial charge in [0, 0.05) is 24.4 Å². The van der Waals surface area contributed by atoms with Crippen molar-refractivity contribution in [2.75, 3.05) is 7.11 Å². The number of nitrogens with two attached hydrogens (primary N) is 1. The highest BCUT2D eigenvalue weighted by Gasteiger charge is 2.11. The monoisotopic (exact) mass is 260 g/mol. The average molecular weight is 260 g/mol. The SMILES string of the molecule is COc1cc(C(N)Cc2ccc(C)cn2)ccc1F. The fraction of sp³-hybridized carbons (Fsp3) is 0.267. The van der Waals surface area contributed by atoms with Crippen LogP contribution in [0, 0.1) is 12.7 Å². The predicted octanol–water partition coefficient (Wildman–Crippen LogP) is 2.78. The van der Waals surface area contributed by atoms with Crippen molar-refractivity contribution in [3.05, 3.63) is 59.2 Å². The van der Waals surface area contributed by atoms with Gasteiger partial charge in [0.05, 0.1) is 7.11 Å². The molecule has 1 atom stereocenters. The van der Waals surface area contributed by atoms with Crippen LogP contribution in [0.25, 0.3) is 0 Å². The van der Waals surface area contributed by atoms with E-state index in [-0.39, 0.29) is 17.6 Å². The van der Waals surface area contributed by atoms with Crippen molar-refractivity contribution < 1.29 is 9.13 Å². The Bertz CT molecular complexity index is 555. The summed E-state index contributed by atoms with van der Waals surface area (Å²) in [5.41, 5.74) is 8.98. The van der Waals surface area contributed by atoms with Crippen LogP contribution in [0.15, 0.2) is 36.5 Å². The summed E-state index contributed by atoms with van der Waals surface area (Å²) in [6, 6.07) is 8.40. The van der Waals surface area contributed by atoms with Gasteiger partial charge in [-0.05, 0) is 36.2 Å². The van der Waals surface area contributed by atoms with Crippen LogP contribution >= 0.6 is 0 Å². The topological polar surface area (TPSA) is 48.1 Å². The third-order valence-corrected chi connectivity index (χ3v) is 3.00. The molecule has 0 radical (unpaired) electrons. The summed E-state index contributed by atoms with van der Waals surface area (Å²) in [5.74, 6) is -0.170. The van der Waals surface area contributed by atoms with E-state index in [0.717, 1.165) is 16.8 Å². The van der Waals surface area contributed by atoms with Crippen molar-refractivity contribution in [1.82, 2.24) is 4.98 Å². The first-order valence-electron chi connectivity index (χ1n) is 6.10. The number of rotatable bonds is 4. The Labute approximate surface area is 112 Å². The summed E-state index contributed by atoms with van der Waals surface area (Å²) in [6.45, 7) is 1.99. The molecule has 0 spiro atoms. The summed E-state index contributed by atoms with van der Waals surface area (Å²) in [6.07, 6.45) is 2.42. The highest BCUT2D eigenvalue weighted by molar-refractivity contribution is 5.32. The third kappa shape index (κ3) is 3.29. The van der Waals surface area contributed by atoms with Crippen LogP contribution in [0.4, 0.5) is 4.39 Å². The molecule has 2 aromatic rings. The van der Waals surface area contributed by atoms with Crippen molar-refractivity contribution in [2.45, 2.75) is 19.4 Å². The Balaban J connectivity index is 2.15. The number of pyridine rings is 1. The largest absolute Gasteiger partial charge is 0.494 e. The van der Waals surface area contributed by atoms with E-state index in [2.05, 4.69) is 4.98 Å². The first-order valence-corrected chi connectivity index (χ1v) is 6.10. The average Bonchev–Trinajstić information content (AvgIpc) is 2.42. The van der Waals surface area contributed by atoms with Gasteiger partial charge < -0.3 is 10.5 Å². The van der Waals surface area contributed by atoms with Gasteiger partial charge in [0.15, 0.2) is 11.6 Å². The zero-order valence-corrected chi connectivity index (χ0v) is 11.1. The van der Waals surface area contributed by atoms with Crippen LogP contribution in [-0.2, 0) is 6.42 Å². The second-order valence-corrected chi connectivity index (χ2v) is 4.53. The van der Waals surface area contributed by atoms with Gasteiger partial charge in [0.1, 0.15) is 0 Å². The van der Waals surface area contributed by atoms with Gasteiger partial charge in [-0.3, -0.25) is 4.98 Å². The van der Waals surface area contributed by atoms with Crippen LogP contribution in [0.3, 0.4) is 0 Å². The van der Waals surface area contributed by atoms with E-state index in [1.807, 2.05) is 25.3 Å². The number of halogens is 1. The second kappa shape index (κ2) is 5.80. The van der Waals surface area contributed by atoms with Crippen LogP contribution in [0.1, 0.15) is 22.9 Å². The molecule has 0 bridgehead atoms. The van der Waals surface area contributed by atoms with E-state index in [4.69, 9.17) is 10.5 Å². The molecular formula is C15H17FN2O. The molecule has 0 saturated heterocycles. The van der Waals surface area contributed by atoms with Gasteiger partial charge >= 0.3 is 0 Å². The number of benzene rings is 1. The molecule has 4 heteroatoms. The predicted molar refractivity (Wildman–Crippen MR) is 72.6 cm³/mol. The smallest absolute Gasteiger partial charge is 0.165 e. The number of aromatic nitrogens is 1. The molecule has 2 N–H and O–H groups in total. The number of nitrogens with zero attached hydrogens (tertiary/aromatic N) is 1. The van der Waals surface area contributed by atoms with Crippen LogP contribution in [0.2, 0.25) is 0 Å². The zero-order valence-electron chi connectivity index (χ0n) is 11.1. The first-order chi connectivity index (χ1) is 9.10. The van der Waals surface area contributed by atoms with Gasteiger partial charge in [0.2, 0.25) is 0 Å². The molecule has 0 fully saturated rings. The fourth-order valence-electron chi connectivity index (χ4n) is 1.87.